The van der Waals surface area contributed by atoms with E-state index in [1.165, 1.54) is 11.8 Å². The Hall–Kier alpha value is -3.52. The Bertz CT molecular complexity index is 1350. The Morgan fingerprint density at radius 1 is 1.03 bits per heavy atom. The van der Waals surface area contributed by atoms with Gasteiger partial charge in [-0.15, -0.1) is 0 Å². The van der Waals surface area contributed by atoms with Crippen molar-refractivity contribution in [3.05, 3.63) is 86.8 Å². The fourth-order valence-electron chi connectivity index (χ4n) is 4.66. The van der Waals surface area contributed by atoms with E-state index in [9.17, 15) is 9.59 Å². The normalized spacial score (nSPS) is 18.5. The minimum Gasteiger partial charge on any atom is -0.454 e. The molecule has 8 heteroatoms. The third-order valence-corrected chi connectivity index (χ3v) is 7.13. The van der Waals surface area contributed by atoms with E-state index in [4.69, 9.17) is 14.5 Å². The van der Waals surface area contributed by atoms with Gasteiger partial charge in [0, 0.05) is 29.4 Å². The minimum absolute atomic E-state index is 0.0685. The fourth-order valence-corrected chi connectivity index (χ4v) is 5.48. The number of allylic oxidation sites excluding steroid dienone is 2. The number of rotatable bonds is 4. The summed E-state index contributed by atoms with van der Waals surface area (Å²) < 4.78 is 11.0. The maximum absolute atomic E-state index is 13.4. The highest BCUT2D eigenvalue weighted by Gasteiger charge is 2.38. The van der Waals surface area contributed by atoms with E-state index in [0.717, 1.165) is 29.7 Å². The Balaban J connectivity index is 1.43. The molecule has 0 saturated carbocycles. The molecule has 1 aliphatic carbocycles. The number of aromatic nitrogens is 2. The van der Waals surface area contributed by atoms with Gasteiger partial charge in [0.1, 0.15) is 5.82 Å². The second-order valence-corrected chi connectivity index (χ2v) is 9.21. The van der Waals surface area contributed by atoms with Crippen LogP contribution in [0.5, 0.6) is 11.5 Å². The van der Waals surface area contributed by atoms with Crippen LogP contribution in [0.25, 0.3) is 0 Å². The Morgan fingerprint density at radius 3 is 2.76 bits per heavy atom. The van der Waals surface area contributed by atoms with Gasteiger partial charge in [0.05, 0.1) is 5.56 Å². The van der Waals surface area contributed by atoms with E-state index in [1.54, 1.807) is 0 Å². The number of ketones is 1. The Kier molecular flexibility index (Phi) is 4.95. The van der Waals surface area contributed by atoms with Gasteiger partial charge in [-0.1, -0.05) is 48.2 Å². The number of benzene rings is 2. The van der Waals surface area contributed by atoms with Crippen LogP contribution in [0.4, 0.5) is 5.82 Å². The number of H-pyrrole nitrogens is 1. The maximum Gasteiger partial charge on any atom is 0.257 e. The molecular weight excluding hydrogens is 438 g/mol. The lowest BCUT2D eigenvalue weighted by Crippen LogP contribution is -2.32. The van der Waals surface area contributed by atoms with Crippen LogP contribution in [-0.2, 0) is 10.5 Å². The summed E-state index contributed by atoms with van der Waals surface area (Å²) in [5, 5.41) is 3.87. The zero-order valence-corrected chi connectivity index (χ0v) is 18.5. The second kappa shape index (κ2) is 8.12. The number of carbonyl (C=O) groups is 1. The van der Waals surface area contributed by atoms with Gasteiger partial charge in [0.25, 0.3) is 5.56 Å². The first-order chi connectivity index (χ1) is 16.2. The number of fused-ring (bicyclic) bond motifs is 2. The van der Waals surface area contributed by atoms with Crippen molar-refractivity contribution in [3.63, 3.8) is 0 Å². The molecule has 0 fully saturated rings. The van der Waals surface area contributed by atoms with Crippen LogP contribution in [-0.4, -0.2) is 22.5 Å². The van der Waals surface area contributed by atoms with Gasteiger partial charge < -0.3 is 19.8 Å². The summed E-state index contributed by atoms with van der Waals surface area (Å²) in [5.74, 6) is 2.07. The quantitative estimate of drug-likeness (QED) is 0.442. The Labute approximate surface area is 194 Å². The SMILES string of the molecule is O=C1CCCC2=C1[C@H](c1ccc3c(c1)OCO3)c1c(nc(SCc3ccccc3)[nH]c1=O)N2. The summed E-state index contributed by atoms with van der Waals surface area (Å²) in [6.07, 6.45) is 2.02. The van der Waals surface area contributed by atoms with E-state index in [1.807, 2.05) is 48.5 Å². The molecule has 0 unspecified atom stereocenters. The highest BCUT2D eigenvalue weighted by molar-refractivity contribution is 7.98. The van der Waals surface area contributed by atoms with Crippen LogP contribution in [0.2, 0.25) is 0 Å². The molecule has 3 aromatic rings. The standard InChI is InChI=1S/C25H21N3O4S/c29-17-8-4-7-16-21(17)20(15-9-10-18-19(11-15)32-13-31-18)22-23(26-16)27-25(28-24(22)30)33-12-14-5-2-1-3-6-14/h1-3,5-6,9-11,20H,4,7-8,12-13H2,(H2,26,27,28,30)/t20-/m0/s1. The second-order valence-electron chi connectivity index (χ2n) is 8.25. The van der Waals surface area contributed by atoms with Gasteiger partial charge in [0.2, 0.25) is 6.79 Å². The summed E-state index contributed by atoms with van der Waals surface area (Å²) in [6, 6.07) is 15.6. The van der Waals surface area contributed by atoms with Crippen molar-refractivity contribution in [1.29, 1.82) is 0 Å². The number of nitrogens with one attached hydrogen (secondary N) is 2. The molecule has 2 aromatic carbocycles. The lowest BCUT2D eigenvalue weighted by molar-refractivity contribution is -0.116. The average molecular weight is 460 g/mol. The van der Waals surface area contributed by atoms with E-state index in [-0.39, 0.29) is 18.1 Å². The third-order valence-electron chi connectivity index (χ3n) is 6.18. The molecule has 33 heavy (non-hydrogen) atoms. The zero-order valence-electron chi connectivity index (χ0n) is 17.7. The van der Waals surface area contributed by atoms with Crippen LogP contribution >= 0.6 is 11.8 Å². The van der Waals surface area contributed by atoms with Gasteiger partial charge >= 0.3 is 0 Å². The first-order valence-corrected chi connectivity index (χ1v) is 11.9. The van der Waals surface area contributed by atoms with Crippen molar-refractivity contribution >= 4 is 23.4 Å². The lowest BCUT2D eigenvalue weighted by Gasteiger charge is -2.32. The molecular formula is C25H21N3O4S. The van der Waals surface area contributed by atoms with Crippen LogP contribution in [0.3, 0.4) is 0 Å². The van der Waals surface area contributed by atoms with Crippen molar-refractivity contribution in [2.24, 2.45) is 0 Å². The Morgan fingerprint density at radius 2 is 1.88 bits per heavy atom. The number of carbonyl (C=O) groups excluding carboxylic acids is 1. The smallest absolute Gasteiger partial charge is 0.257 e. The number of hydrogen-bond acceptors (Lipinski definition) is 7. The summed E-state index contributed by atoms with van der Waals surface area (Å²) in [6.45, 7) is 0.165. The van der Waals surface area contributed by atoms with E-state index >= 15 is 0 Å². The third kappa shape index (κ3) is 3.60. The molecule has 166 valence electrons. The number of nitrogens with zero attached hydrogens (tertiary/aromatic N) is 1. The van der Waals surface area contributed by atoms with Gasteiger partial charge in [0.15, 0.2) is 22.4 Å². The molecule has 6 rings (SSSR count). The molecule has 0 spiro atoms. The van der Waals surface area contributed by atoms with E-state index < -0.39 is 5.92 Å². The molecule has 0 saturated heterocycles. The van der Waals surface area contributed by atoms with Crippen LogP contribution in [0, 0.1) is 0 Å². The first-order valence-electron chi connectivity index (χ1n) is 10.9. The van der Waals surface area contributed by atoms with Crippen LogP contribution in [0.15, 0.2) is 69.8 Å². The van der Waals surface area contributed by atoms with E-state index in [2.05, 4.69) is 10.3 Å². The highest BCUT2D eigenvalue weighted by Crippen LogP contribution is 2.45. The van der Waals surface area contributed by atoms with Gasteiger partial charge in [-0.2, -0.15) is 0 Å². The number of ether oxygens (including phenoxy) is 2. The summed E-state index contributed by atoms with van der Waals surface area (Å²) >= 11 is 1.48. The highest BCUT2D eigenvalue weighted by atomic mass is 32.2. The van der Waals surface area contributed by atoms with Crippen LogP contribution in [0.1, 0.15) is 41.9 Å². The zero-order chi connectivity index (χ0) is 22.4. The largest absolute Gasteiger partial charge is 0.454 e. The van der Waals surface area contributed by atoms with Gasteiger partial charge in [-0.05, 0) is 36.1 Å². The van der Waals surface area contributed by atoms with E-state index in [0.29, 0.717) is 45.8 Å². The first kappa shape index (κ1) is 20.1. The summed E-state index contributed by atoms with van der Waals surface area (Å²) in [5.41, 5.74) is 3.71. The molecule has 0 bridgehead atoms. The summed E-state index contributed by atoms with van der Waals surface area (Å²) in [4.78, 5) is 34.0. The number of thioether (sulfide) groups is 1. The molecule has 1 aromatic heterocycles. The van der Waals surface area contributed by atoms with Crippen LogP contribution < -0.4 is 20.3 Å². The molecule has 3 aliphatic rings. The number of hydrogen-bond donors (Lipinski definition) is 2. The molecule has 1 atom stereocenters. The van der Waals surface area contributed by atoms with Crippen molar-refractivity contribution in [3.8, 4) is 11.5 Å². The van der Waals surface area contributed by atoms with Gasteiger partial charge in [-0.3, -0.25) is 9.59 Å². The summed E-state index contributed by atoms with van der Waals surface area (Å²) in [7, 11) is 0. The molecule has 2 N–H and O–H groups in total. The fraction of sp³-hybridized carbons (Fsp3) is 0.240. The maximum atomic E-state index is 13.4. The van der Waals surface area contributed by atoms with Crippen molar-refractivity contribution < 1.29 is 14.3 Å². The predicted octanol–water partition coefficient (Wildman–Crippen LogP) is 4.36. The number of anilines is 1. The number of aromatic amines is 1. The monoisotopic (exact) mass is 459 g/mol. The lowest BCUT2D eigenvalue weighted by atomic mass is 9.76. The topological polar surface area (TPSA) is 93.3 Å². The van der Waals surface area contributed by atoms with Crippen molar-refractivity contribution in [1.82, 2.24) is 9.97 Å². The van der Waals surface area contributed by atoms with Crippen molar-refractivity contribution in [2.75, 3.05) is 12.1 Å². The molecule has 2 aliphatic heterocycles. The van der Waals surface area contributed by atoms with Gasteiger partial charge in [-0.25, -0.2) is 4.98 Å². The predicted molar refractivity (Wildman–Crippen MR) is 125 cm³/mol. The molecule has 0 amide bonds. The molecule has 0 radical (unpaired) electrons. The molecule has 3 heterocycles. The number of Topliss-reactive ketones (excluding diaryl/α,β-unsaturated/α-hetero) is 1. The molecule has 7 nitrogen and oxygen atoms in total. The minimum atomic E-state index is -0.497. The van der Waals surface area contributed by atoms with Crippen molar-refractivity contribution in [2.45, 2.75) is 36.1 Å². The average Bonchev–Trinajstić information content (AvgIpc) is 3.30.